The van der Waals surface area contributed by atoms with Crippen LogP contribution < -0.4 is 10.5 Å². The monoisotopic (exact) mass is 275 g/mol. The lowest BCUT2D eigenvalue weighted by Gasteiger charge is -2.39. The number of rotatable bonds is 4. The summed E-state index contributed by atoms with van der Waals surface area (Å²) in [5, 5.41) is 0. The second-order valence-corrected chi connectivity index (χ2v) is 6.58. The minimum absolute atomic E-state index is 0.166. The summed E-state index contributed by atoms with van der Waals surface area (Å²) in [6, 6.07) is 4.51. The maximum absolute atomic E-state index is 6.23. The third-order valence-corrected chi connectivity index (χ3v) is 4.95. The fraction of sp³-hybridized carbons (Fsp3) is 0.667. The summed E-state index contributed by atoms with van der Waals surface area (Å²) < 4.78 is 5.72. The van der Waals surface area contributed by atoms with Crippen LogP contribution in [0.2, 0.25) is 0 Å². The fourth-order valence-electron chi connectivity index (χ4n) is 3.83. The van der Waals surface area contributed by atoms with Crippen molar-refractivity contribution in [1.29, 1.82) is 0 Å². The molecule has 0 bridgehead atoms. The smallest absolute Gasteiger partial charge is 0.125 e. The SMILES string of the molecule is COc1c(C)ccc(C2(CN)CCCCC2)c1C(C)C. The Morgan fingerprint density at radius 3 is 2.35 bits per heavy atom. The molecule has 0 amide bonds. The predicted octanol–water partition coefficient (Wildman–Crippen LogP) is 4.29. The molecular weight excluding hydrogens is 246 g/mol. The number of benzene rings is 1. The average Bonchev–Trinajstić information content (AvgIpc) is 2.47. The second-order valence-electron chi connectivity index (χ2n) is 6.58. The van der Waals surface area contributed by atoms with Crippen LogP contribution in [0.4, 0.5) is 0 Å². The Balaban J connectivity index is 2.60. The van der Waals surface area contributed by atoms with Crippen molar-refractivity contribution in [1.82, 2.24) is 0 Å². The van der Waals surface area contributed by atoms with Crippen molar-refractivity contribution in [3.63, 3.8) is 0 Å². The summed E-state index contributed by atoms with van der Waals surface area (Å²) in [5.74, 6) is 1.53. The molecule has 0 heterocycles. The summed E-state index contributed by atoms with van der Waals surface area (Å²) in [5.41, 5.74) is 10.4. The Labute approximate surface area is 123 Å². The van der Waals surface area contributed by atoms with Gasteiger partial charge in [0.25, 0.3) is 0 Å². The molecule has 0 aliphatic heterocycles. The summed E-state index contributed by atoms with van der Waals surface area (Å²) in [6.07, 6.45) is 6.38. The molecule has 1 aromatic carbocycles. The first-order valence-electron chi connectivity index (χ1n) is 7.94. The molecule has 1 aliphatic rings. The predicted molar refractivity (Wildman–Crippen MR) is 85.6 cm³/mol. The van der Waals surface area contributed by atoms with Gasteiger partial charge in [0, 0.05) is 17.5 Å². The number of hydrogen-bond acceptors (Lipinski definition) is 2. The van der Waals surface area contributed by atoms with E-state index in [-0.39, 0.29) is 5.41 Å². The zero-order valence-corrected chi connectivity index (χ0v) is 13.5. The third-order valence-electron chi connectivity index (χ3n) is 4.95. The fourth-order valence-corrected chi connectivity index (χ4v) is 3.83. The van der Waals surface area contributed by atoms with E-state index in [0.29, 0.717) is 5.92 Å². The number of ether oxygens (including phenoxy) is 1. The number of methoxy groups -OCH3 is 1. The lowest BCUT2D eigenvalue weighted by atomic mass is 9.67. The molecule has 0 atom stereocenters. The van der Waals surface area contributed by atoms with Gasteiger partial charge in [0.05, 0.1) is 7.11 Å². The van der Waals surface area contributed by atoms with Gasteiger partial charge in [-0.15, -0.1) is 0 Å². The molecule has 0 unspecified atom stereocenters. The van der Waals surface area contributed by atoms with Gasteiger partial charge < -0.3 is 10.5 Å². The highest BCUT2D eigenvalue weighted by Crippen LogP contribution is 2.45. The van der Waals surface area contributed by atoms with Crippen LogP contribution in [0.25, 0.3) is 0 Å². The molecule has 0 spiro atoms. The quantitative estimate of drug-likeness (QED) is 0.889. The van der Waals surface area contributed by atoms with E-state index in [0.717, 1.165) is 12.3 Å². The van der Waals surface area contributed by atoms with Crippen molar-refractivity contribution in [2.45, 2.75) is 64.2 Å². The van der Waals surface area contributed by atoms with Crippen molar-refractivity contribution in [2.75, 3.05) is 13.7 Å². The highest BCUT2D eigenvalue weighted by molar-refractivity contribution is 5.51. The van der Waals surface area contributed by atoms with Crippen LogP contribution in [-0.2, 0) is 5.41 Å². The van der Waals surface area contributed by atoms with Gasteiger partial charge in [0.1, 0.15) is 5.75 Å². The Morgan fingerprint density at radius 2 is 1.85 bits per heavy atom. The van der Waals surface area contributed by atoms with Gasteiger partial charge in [0.2, 0.25) is 0 Å². The van der Waals surface area contributed by atoms with Crippen LogP contribution in [0.5, 0.6) is 5.75 Å². The maximum atomic E-state index is 6.23. The molecule has 0 saturated heterocycles. The van der Waals surface area contributed by atoms with Crippen LogP contribution in [0.15, 0.2) is 12.1 Å². The summed E-state index contributed by atoms with van der Waals surface area (Å²) in [7, 11) is 1.79. The first-order valence-corrected chi connectivity index (χ1v) is 7.94. The van der Waals surface area contributed by atoms with Crippen molar-refractivity contribution in [2.24, 2.45) is 5.73 Å². The highest BCUT2D eigenvalue weighted by atomic mass is 16.5. The van der Waals surface area contributed by atoms with E-state index < -0.39 is 0 Å². The minimum Gasteiger partial charge on any atom is -0.496 e. The lowest BCUT2D eigenvalue weighted by Crippen LogP contribution is -2.38. The summed E-state index contributed by atoms with van der Waals surface area (Å²) >= 11 is 0. The summed E-state index contributed by atoms with van der Waals surface area (Å²) in [6.45, 7) is 7.39. The molecular formula is C18H29NO. The highest BCUT2D eigenvalue weighted by Gasteiger charge is 2.36. The number of nitrogens with two attached hydrogens (primary N) is 1. The Hall–Kier alpha value is -1.02. The van der Waals surface area contributed by atoms with Crippen LogP contribution in [0, 0.1) is 6.92 Å². The summed E-state index contributed by atoms with van der Waals surface area (Å²) in [4.78, 5) is 0. The lowest BCUT2D eigenvalue weighted by molar-refractivity contribution is 0.296. The largest absolute Gasteiger partial charge is 0.496 e. The number of hydrogen-bond donors (Lipinski definition) is 1. The van der Waals surface area contributed by atoms with E-state index in [1.54, 1.807) is 7.11 Å². The standard InChI is InChI=1S/C18H29NO/c1-13(2)16-15(9-8-14(3)17(16)20-4)18(12-19)10-6-5-7-11-18/h8-9,13H,5-7,10-12,19H2,1-4H3. The van der Waals surface area contributed by atoms with Crippen molar-refractivity contribution in [3.8, 4) is 5.75 Å². The van der Waals surface area contributed by atoms with Crippen LogP contribution in [0.3, 0.4) is 0 Å². The molecule has 2 rings (SSSR count). The van der Waals surface area contributed by atoms with Gasteiger partial charge in [-0.3, -0.25) is 0 Å². The first kappa shape index (κ1) is 15.4. The first-order chi connectivity index (χ1) is 9.55. The molecule has 2 nitrogen and oxygen atoms in total. The number of aryl methyl sites for hydroxylation is 1. The van der Waals surface area contributed by atoms with Gasteiger partial charge in [-0.05, 0) is 36.8 Å². The van der Waals surface area contributed by atoms with E-state index in [1.807, 2.05) is 0 Å². The molecule has 1 saturated carbocycles. The van der Waals surface area contributed by atoms with Gasteiger partial charge in [-0.1, -0.05) is 45.2 Å². The molecule has 112 valence electrons. The van der Waals surface area contributed by atoms with Crippen LogP contribution >= 0.6 is 0 Å². The average molecular weight is 275 g/mol. The van der Waals surface area contributed by atoms with Crippen molar-refractivity contribution < 1.29 is 4.74 Å². The van der Waals surface area contributed by atoms with E-state index in [4.69, 9.17) is 10.5 Å². The molecule has 0 aromatic heterocycles. The zero-order chi connectivity index (χ0) is 14.8. The molecule has 2 heteroatoms. The molecule has 20 heavy (non-hydrogen) atoms. The topological polar surface area (TPSA) is 35.2 Å². The van der Waals surface area contributed by atoms with Gasteiger partial charge in [-0.25, -0.2) is 0 Å². The second kappa shape index (κ2) is 6.17. The van der Waals surface area contributed by atoms with Gasteiger partial charge >= 0.3 is 0 Å². The van der Waals surface area contributed by atoms with Crippen molar-refractivity contribution >= 4 is 0 Å². The molecule has 0 radical (unpaired) electrons. The molecule has 2 N–H and O–H groups in total. The van der Waals surface area contributed by atoms with Gasteiger partial charge in [0.15, 0.2) is 0 Å². The van der Waals surface area contributed by atoms with E-state index in [2.05, 4.69) is 32.9 Å². The molecule has 1 aliphatic carbocycles. The molecule has 1 aromatic rings. The van der Waals surface area contributed by atoms with Crippen molar-refractivity contribution in [3.05, 3.63) is 28.8 Å². The third kappa shape index (κ3) is 2.58. The Bertz CT molecular complexity index is 459. The van der Waals surface area contributed by atoms with E-state index in [9.17, 15) is 0 Å². The van der Waals surface area contributed by atoms with Gasteiger partial charge in [-0.2, -0.15) is 0 Å². The van der Waals surface area contributed by atoms with Crippen LogP contribution in [-0.4, -0.2) is 13.7 Å². The normalized spacial score (nSPS) is 18.3. The van der Waals surface area contributed by atoms with E-state index >= 15 is 0 Å². The minimum atomic E-state index is 0.166. The zero-order valence-electron chi connectivity index (χ0n) is 13.5. The molecule has 1 fully saturated rings. The van der Waals surface area contributed by atoms with Crippen LogP contribution in [0.1, 0.15) is 68.6 Å². The Kier molecular flexibility index (Phi) is 4.74. The van der Waals surface area contributed by atoms with E-state index in [1.165, 1.54) is 48.8 Å². The maximum Gasteiger partial charge on any atom is 0.125 e. The Morgan fingerprint density at radius 1 is 1.20 bits per heavy atom.